The molecule has 0 unspecified atom stereocenters. The molecule has 6 nitrogen and oxygen atoms in total. The minimum absolute atomic E-state index is 0.0844. The fourth-order valence-electron chi connectivity index (χ4n) is 2.18. The number of ether oxygens (including phenoxy) is 2. The van der Waals surface area contributed by atoms with Crippen molar-refractivity contribution < 1.29 is 19.1 Å². The minimum atomic E-state index is -0.648. The van der Waals surface area contributed by atoms with E-state index < -0.39 is 12.1 Å². The van der Waals surface area contributed by atoms with Gasteiger partial charge in [-0.25, -0.2) is 4.79 Å². The number of carbonyl (C=O) groups excluding carboxylic acids is 2. The van der Waals surface area contributed by atoms with Gasteiger partial charge in [0.2, 0.25) is 5.91 Å². The van der Waals surface area contributed by atoms with E-state index in [4.69, 9.17) is 9.47 Å². The van der Waals surface area contributed by atoms with Crippen LogP contribution in [0.5, 0.6) is 0 Å². The Balaban J connectivity index is 1.65. The number of alkyl carbamates (subject to hydrolysis) is 1. The van der Waals surface area contributed by atoms with Gasteiger partial charge in [-0.2, -0.15) is 0 Å². The molecule has 2 N–H and O–H groups in total. The van der Waals surface area contributed by atoms with Gasteiger partial charge in [-0.3, -0.25) is 4.79 Å². The molecule has 0 aromatic heterocycles. The van der Waals surface area contributed by atoms with E-state index in [9.17, 15) is 9.59 Å². The Morgan fingerprint density at radius 3 is 2.82 bits per heavy atom. The lowest BCUT2D eigenvalue weighted by atomic mass is 10.2. The number of nitrogens with one attached hydrogen (secondary N) is 2. The summed E-state index contributed by atoms with van der Waals surface area (Å²) >= 11 is 0. The normalized spacial score (nSPS) is 18.5. The summed E-state index contributed by atoms with van der Waals surface area (Å²) in [6.07, 6.45) is 1.46. The highest BCUT2D eigenvalue weighted by molar-refractivity contribution is 5.85. The Kier molecular flexibility index (Phi) is 6.21. The summed E-state index contributed by atoms with van der Waals surface area (Å²) < 4.78 is 10.5. The fraction of sp³-hybridized carbons (Fsp3) is 0.500. The lowest BCUT2D eigenvalue weighted by Gasteiger charge is -2.16. The highest BCUT2D eigenvalue weighted by atomic mass is 16.5. The maximum Gasteiger partial charge on any atom is 0.408 e. The molecule has 0 bridgehead atoms. The van der Waals surface area contributed by atoms with Crippen LogP contribution in [0, 0.1) is 0 Å². The van der Waals surface area contributed by atoms with E-state index in [1.54, 1.807) is 6.92 Å². The van der Waals surface area contributed by atoms with Crippen molar-refractivity contribution in [3.8, 4) is 0 Å². The van der Waals surface area contributed by atoms with Crippen molar-refractivity contribution in [1.29, 1.82) is 0 Å². The van der Waals surface area contributed by atoms with Gasteiger partial charge < -0.3 is 20.1 Å². The standard InChI is InChI=1S/C16H22N2O4/c1-12(15(19)17-10-14-8-5-9-21-14)18-16(20)22-11-13-6-3-2-4-7-13/h2-4,6-7,12,14H,5,8-11H2,1H3,(H,17,19)(H,18,20)/t12-,14-/m1/s1. The van der Waals surface area contributed by atoms with Crippen LogP contribution in [0.3, 0.4) is 0 Å². The molecule has 120 valence electrons. The number of rotatable bonds is 6. The molecule has 1 aromatic carbocycles. The number of hydrogen-bond acceptors (Lipinski definition) is 4. The zero-order chi connectivity index (χ0) is 15.8. The smallest absolute Gasteiger partial charge is 0.408 e. The number of amides is 2. The van der Waals surface area contributed by atoms with Crippen molar-refractivity contribution in [2.45, 2.75) is 38.5 Å². The lowest BCUT2D eigenvalue weighted by molar-refractivity contribution is -0.123. The highest BCUT2D eigenvalue weighted by Gasteiger charge is 2.20. The van der Waals surface area contributed by atoms with Crippen molar-refractivity contribution in [3.63, 3.8) is 0 Å². The van der Waals surface area contributed by atoms with E-state index in [1.165, 1.54) is 0 Å². The van der Waals surface area contributed by atoms with E-state index in [0.717, 1.165) is 25.0 Å². The average Bonchev–Trinajstić information content (AvgIpc) is 3.05. The molecular weight excluding hydrogens is 284 g/mol. The first-order valence-electron chi connectivity index (χ1n) is 7.51. The van der Waals surface area contributed by atoms with Gasteiger partial charge in [0, 0.05) is 13.2 Å². The van der Waals surface area contributed by atoms with Crippen molar-refractivity contribution in [2.75, 3.05) is 13.2 Å². The maximum absolute atomic E-state index is 11.9. The quantitative estimate of drug-likeness (QED) is 0.837. The van der Waals surface area contributed by atoms with Crippen LogP contribution in [0.2, 0.25) is 0 Å². The number of carbonyl (C=O) groups is 2. The predicted molar refractivity (Wildman–Crippen MR) is 81.2 cm³/mol. The molecule has 22 heavy (non-hydrogen) atoms. The van der Waals surface area contributed by atoms with Crippen molar-refractivity contribution >= 4 is 12.0 Å². The molecule has 1 aromatic rings. The summed E-state index contributed by atoms with van der Waals surface area (Å²) in [5.41, 5.74) is 0.896. The Morgan fingerprint density at radius 2 is 2.14 bits per heavy atom. The molecule has 0 saturated carbocycles. The number of benzene rings is 1. The van der Waals surface area contributed by atoms with E-state index in [0.29, 0.717) is 6.54 Å². The van der Waals surface area contributed by atoms with Gasteiger partial charge in [0.25, 0.3) is 0 Å². The molecule has 6 heteroatoms. The van der Waals surface area contributed by atoms with Crippen LogP contribution >= 0.6 is 0 Å². The summed E-state index contributed by atoms with van der Waals surface area (Å²) in [6, 6.07) is 8.72. The largest absolute Gasteiger partial charge is 0.445 e. The minimum Gasteiger partial charge on any atom is -0.445 e. The van der Waals surface area contributed by atoms with Crippen molar-refractivity contribution in [1.82, 2.24) is 10.6 Å². The summed E-state index contributed by atoms with van der Waals surface area (Å²) in [7, 11) is 0. The molecular formula is C16H22N2O4. The van der Waals surface area contributed by atoms with Gasteiger partial charge in [-0.15, -0.1) is 0 Å². The predicted octanol–water partition coefficient (Wildman–Crippen LogP) is 1.60. The lowest BCUT2D eigenvalue weighted by Crippen LogP contribution is -2.46. The zero-order valence-electron chi connectivity index (χ0n) is 12.7. The zero-order valence-corrected chi connectivity index (χ0v) is 12.7. The molecule has 1 aliphatic heterocycles. The molecule has 0 spiro atoms. The molecule has 1 heterocycles. The SMILES string of the molecule is C[C@@H](NC(=O)OCc1ccccc1)C(=O)NC[C@H]1CCCO1. The Hall–Kier alpha value is -2.08. The monoisotopic (exact) mass is 306 g/mol. The maximum atomic E-state index is 11.9. The van der Waals surface area contributed by atoms with Gasteiger partial charge in [-0.1, -0.05) is 30.3 Å². The highest BCUT2D eigenvalue weighted by Crippen LogP contribution is 2.10. The fourth-order valence-corrected chi connectivity index (χ4v) is 2.18. The molecule has 1 fully saturated rings. The molecule has 2 rings (SSSR count). The Bertz CT molecular complexity index is 486. The Labute approximate surface area is 130 Å². The van der Waals surface area contributed by atoms with E-state index in [-0.39, 0.29) is 18.6 Å². The van der Waals surface area contributed by atoms with Gasteiger partial charge >= 0.3 is 6.09 Å². The topological polar surface area (TPSA) is 76.7 Å². The summed E-state index contributed by atoms with van der Waals surface area (Å²) in [6.45, 7) is 3.02. The second kappa shape index (κ2) is 8.38. The first kappa shape index (κ1) is 16.3. The van der Waals surface area contributed by atoms with Crippen LogP contribution in [0.4, 0.5) is 4.79 Å². The second-order valence-corrected chi connectivity index (χ2v) is 5.31. The summed E-state index contributed by atoms with van der Waals surface area (Å²) in [4.78, 5) is 23.5. The molecule has 0 aliphatic carbocycles. The third-order valence-corrected chi connectivity index (χ3v) is 3.47. The first-order chi connectivity index (χ1) is 10.6. The molecule has 2 atom stereocenters. The van der Waals surface area contributed by atoms with Crippen LogP contribution in [0.15, 0.2) is 30.3 Å². The van der Waals surface area contributed by atoms with E-state index in [1.807, 2.05) is 30.3 Å². The van der Waals surface area contributed by atoms with Crippen LogP contribution < -0.4 is 10.6 Å². The third-order valence-electron chi connectivity index (χ3n) is 3.47. The molecule has 2 amide bonds. The summed E-state index contributed by atoms with van der Waals surface area (Å²) in [5.74, 6) is -0.243. The van der Waals surface area contributed by atoms with Gasteiger partial charge in [0.1, 0.15) is 12.6 Å². The van der Waals surface area contributed by atoms with Crippen molar-refractivity contribution in [3.05, 3.63) is 35.9 Å². The second-order valence-electron chi connectivity index (χ2n) is 5.31. The van der Waals surface area contributed by atoms with Gasteiger partial charge in [0.15, 0.2) is 0 Å². The number of hydrogen-bond donors (Lipinski definition) is 2. The van der Waals surface area contributed by atoms with E-state index >= 15 is 0 Å². The molecule has 0 radical (unpaired) electrons. The molecule has 1 aliphatic rings. The Morgan fingerprint density at radius 1 is 1.36 bits per heavy atom. The first-order valence-corrected chi connectivity index (χ1v) is 7.51. The van der Waals surface area contributed by atoms with Gasteiger partial charge in [-0.05, 0) is 25.3 Å². The van der Waals surface area contributed by atoms with Crippen LogP contribution in [-0.2, 0) is 20.9 Å². The van der Waals surface area contributed by atoms with Crippen LogP contribution in [0.1, 0.15) is 25.3 Å². The average molecular weight is 306 g/mol. The van der Waals surface area contributed by atoms with Gasteiger partial charge in [0.05, 0.1) is 6.10 Å². The van der Waals surface area contributed by atoms with Crippen molar-refractivity contribution in [2.24, 2.45) is 0 Å². The van der Waals surface area contributed by atoms with Crippen LogP contribution in [-0.4, -0.2) is 37.3 Å². The molecule has 1 saturated heterocycles. The van der Waals surface area contributed by atoms with Crippen LogP contribution in [0.25, 0.3) is 0 Å². The summed E-state index contributed by atoms with van der Waals surface area (Å²) in [5, 5.41) is 5.28. The third kappa shape index (κ3) is 5.37. The van der Waals surface area contributed by atoms with E-state index in [2.05, 4.69) is 10.6 Å².